The van der Waals surface area contributed by atoms with Gasteiger partial charge in [-0.2, -0.15) is 0 Å². The van der Waals surface area contributed by atoms with Crippen LogP contribution in [0.5, 0.6) is 0 Å². The first-order valence-electron chi connectivity index (χ1n) is 7.40. The van der Waals surface area contributed by atoms with Gasteiger partial charge in [0.1, 0.15) is 0 Å². The van der Waals surface area contributed by atoms with Gasteiger partial charge < -0.3 is 14.7 Å². The molecular weight excluding hydrogens is 226 g/mol. The van der Waals surface area contributed by atoms with E-state index in [0.717, 1.165) is 52.1 Å². The Kier molecular flexibility index (Phi) is 5.01. The maximum absolute atomic E-state index is 12.4. The quantitative estimate of drug-likeness (QED) is 0.747. The van der Waals surface area contributed by atoms with Gasteiger partial charge >= 0.3 is 0 Å². The lowest BCUT2D eigenvalue weighted by Crippen LogP contribution is -2.50. The lowest BCUT2D eigenvalue weighted by Gasteiger charge is -2.37. The van der Waals surface area contributed by atoms with Gasteiger partial charge in [-0.3, -0.25) is 4.79 Å². The zero-order valence-electron chi connectivity index (χ0n) is 11.9. The lowest BCUT2D eigenvalue weighted by atomic mass is 9.95. The van der Waals surface area contributed by atoms with E-state index in [2.05, 4.69) is 28.7 Å². The molecule has 104 valence electrons. The summed E-state index contributed by atoms with van der Waals surface area (Å²) in [5.74, 6) is 0.709. The Labute approximate surface area is 111 Å². The molecule has 2 aliphatic heterocycles. The predicted octanol–water partition coefficient (Wildman–Crippen LogP) is 0.882. The van der Waals surface area contributed by atoms with Gasteiger partial charge in [-0.1, -0.05) is 6.92 Å². The maximum atomic E-state index is 12.4. The van der Waals surface area contributed by atoms with Crippen LogP contribution >= 0.6 is 0 Å². The average Bonchev–Trinajstić information content (AvgIpc) is 2.40. The van der Waals surface area contributed by atoms with Crippen LogP contribution in [0.2, 0.25) is 0 Å². The van der Waals surface area contributed by atoms with Crippen molar-refractivity contribution >= 4 is 5.91 Å². The van der Waals surface area contributed by atoms with Crippen molar-refractivity contribution in [3.63, 3.8) is 0 Å². The number of amides is 1. The van der Waals surface area contributed by atoms with E-state index in [9.17, 15) is 4.79 Å². The van der Waals surface area contributed by atoms with E-state index >= 15 is 0 Å². The van der Waals surface area contributed by atoms with Crippen LogP contribution in [0.1, 0.15) is 26.2 Å². The van der Waals surface area contributed by atoms with Crippen LogP contribution in [0.3, 0.4) is 0 Å². The Morgan fingerprint density at radius 2 is 1.67 bits per heavy atom. The van der Waals surface area contributed by atoms with Gasteiger partial charge in [-0.25, -0.2) is 0 Å². The molecule has 1 amide bonds. The molecule has 2 saturated heterocycles. The van der Waals surface area contributed by atoms with Crippen LogP contribution in [-0.2, 0) is 4.79 Å². The number of hydrogen-bond acceptors (Lipinski definition) is 3. The first-order valence-corrected chi connectivity index (χ1v) is 7.40. The summed E-state index contributed by atoms with van der Waals surface area (Å²) in [6, 6.07) is 0. The minimum absolute atomic E-state index is 0.293. The molecule has 4 nitrogen and oxygen atoms in total. The zero-order chi connectivity index (χ0) is 13.0. The Bertz CT molecular complexity index is 266. The van der Waals surface area contributed by atoms with Gasteiger partial charge in [0.15, 0.2) is 0 Å². The highest BCUT2D eigenvalue weighted by Crippen LogP contribution is 2.20. The minimum Gasteiger partial charge on any atom is -0.340 e. The molecule has 0 unspecified atom stereocenters. The summed E-state index contributed by atoms with van der Waals surface area (Å²) in [7, 11) is 2.13. The number of hydrogen-bond donors (Lipinski definition) is 0. The molecule has 0 N–H and O–H groups in total. The molecule has 2 aliphatic rings. The molecule has 0 radical (unpaired) electrons. The highest BCUT2D eigenvalue weighted by atomic mass is 16.2. The zero-order valence-corrected chi connectivity index (χ0v) is 11.9. The lowest BCUT2D eigenvalue weighted by molar-refractivity contribution is -0.138. The van der Waals surface area contributed by atoms with E-state index < -0.39 is 0 Å². The monoisotopic (exact) mass is 253 g/mol. The van der Waals surface area contributed by atoms with Crippen LogP contribution in [0, 0.1) is 5.92 Å². The fraction of sp³-hybridized carbons (Fsp3) is 0.929. The van der Waals surface area contributed by atoms with Gasteiger partial charge in [0.2, 0.25) is 5.91 Å². The van der Waals surface area contributed by atoms with Crippen molar-refractivity contribution in [2.45, 2.75) is 26.2 Å². The summed E-state index contributed by atoms with van der Waals surface area (Å²) in [6.07, 6.45) is 3.34. The third-order valence-electron chi connectivity index (χ3n) is 4.29. The minimum atomic E-state index is 0.293. The number of likely N-dealkylation sites (tertiary alicyclic amines) is 1. The number of piperidine rings is 1. The van der Waals surface area contributed by atoms with E-state index in [1.165, 1.54) is 13.0 Å². The van der Waals surface area contributed by atoms with E-state index in [1.54, 1.807) is 0 Å². The van der Waals surface area contributed by atoms with Gasteiger partial charge in [0.25, 0.3) is 0 Å². The second kappa shape index (κ2) is 6.53. The van der Waals surface area contributed by atoms with Crippen molar-refractivity contribution in [3.05, 3.63) is 0 Å². The van der Waals surface area contributed by atoms with Crippen molar-refractivity contribution < 1.29 is 4.79 Å². The molecule has 0 bridgehead atoms. The summed E-state index contributed by atoms with van der Waals surface area (Å²) in [6.45, 7) is 9.53. The molecule has 4 heteroatoms. The second-order valence-corrected chi connectivity index (χ2v) is 5.74. The van der Waals surface area contributed by atoms with Crippen molar-refractivity contribution in [1.82, 2.24) is 14.7 Å². The maximum Gasteiger partial charge on any atom is 0.225 e. The Morgan fingerprint density at radius 3 is 2.22 bits per heavy atom. The van der Waals surface area contributed by atoms with Crippen molar-refractivity contribution in [1.29, 1.82) is 0 Å². The summed E-state index contributed by atoms with van der Waals surface area (Å²) in [5, 5.41) is 0. The molecule has 0 aliphatic carbocycles. The second-order valence-electron chi connectivity index (χ2n) is 5.74. The average molecular weight is 253 g/mol. The number of rotatable bonds is 3. The third-order valence-corrected chi connectivity index (χ3v) is 4.29. The van der Waals surface area contributed by atoms with E-state index in [4.69, 9.17) is 0 Å². The highest BCUT2D eigenvalue weighted by Gasteiger charge is 2.29. The fourth-order valence-corrected chi connectivity index (χ4v) is 3.00. The third kappa shape index (κ3) is 3.45. The molecule has 2 fully saturated rings. The summed E-state index contributed by atoms with van der Waals surface area (Å²) >= 11 is 0. The van der Waals surface area contributed by atoms with Crippen LogP contribution in [0.4, 0.5) is 0 Å². The van der Waals surface area contributed by atoms with Crippen molar-refractivity contribution in [3.8, 4) is 0 Å². The number of piperazine rings is 1. The molecule has 0 aromatic carbocycles. The SMILES string of the molecule is CCCN1CCC(C(=O)N2CCN(C)CC2)CC1. The fourth-order valence-electron chi connectivity index (χ4n) is 3.00. The number of carbonyl (C=O) groups excluding carboxylic acids is 1. The first-order chi connectivity index (χ1) is 8.70. The molecular formula is C14H27N3O. The van der Waals surface area contributed by atoms with Crippen LogP contribution in [0.15, 0.2) is 0 Å². The normalized spacial score (nSPS) is 24.4. The van der Waals surface area contributed by atoms with E-state index in [1.807, 2.05) is 0 Å². The first kappa shape index (κ1) is 13.8. The molecule has 18 heavy (non-hydrogen) atoms. The Morgan fingerprint density at radius 1 is 1.06 bits per heavy atom. The topological polar surface area (TPSA) is 26.8 Å². The molecule has 0 spiro atoms. The Balaban J connectivity index is 1.77. The molecule has 2 heterocycles. The molecule has 0 atom stereocenters. The van der Waals surface area contributed by atoms with Crippen LogP contribution in [0.25, 0.3) is 0 Å². The number of nitrogens with zero attached hydrogens (tertiary/aromatic N) is 3. The van der Waals surface area contributed by atoms with Crippen molar-refractivity contribution in [2.75, 3.05) is 52.9 Å². The largest absolute Gasteiger partial charge is 0.340 e. The Hall–Kier alpha value is -0.610. The molecule has 0 saturated carbocycles. The summed E-state index contributed by atoms with van der Waals surface area (Å²) in [4.78, 5) is 19.3. The van der Waals surface area contributed by atoms with Crippen molar-refractivity contribution in [2.24, 2.45) is 5.92 Å². The summed E-state index contributed by atoms with van der Waals surface area (Å²) < 4.78 is 0. The molecule has 0 aromatic rings. The predicted molar refractivity (Wildman–Crippen MR) is 73.5 cm³/mol. The standard InChI is InChI=1S/C14H27N3O/c1-3-6-16-7-4-13(5-8-16)14(18)17-11-9-15(2)10-12-17/h13H,3-12H2,1-2H3. The van der Waals surface area contributed by atoms with E-state index in [-0.39, 0.29) is 0 Å². The molecule has 2 rings (SSSR count). The van der Waals surface area contributed by atoms with Gasteiger partial charge in [-0.05, 0) is 45.9 Å². The van der Waals surface area contributed by atoms with Gasteiger partial charge in [0, 0.05) is 32.1 Å². The number of carbonyl (C=O) groups is 1. The van der Waals surface area contributed by atoms with Gasteiger partial charge in [-0.15, -0.1) is 0 Å². The summed E-state index contributed by atoms with van der Waals surface area (Å²) in [5.41, 5.74) is 0. The number of likely N-dealkylation sites (N-methyl/N-ethyl adjacent to an activating group) is 1. The van der Waals surface area contributed by atoms with Crippen LogP contribution < -0.4 is 0 Å². The van der Waals surface area contributed by atoms with Gasteiger partial charge in [0.05, 0.1) is 0 Å². The smallest absolute Gasteiger partial charge is 0.225 e. The highest BCUT2D eigenvalue weighted by molar-refractivity contribution is 5.79. The van der Waals surface area contributed by atoms with Crippen LogP contribution in [-0.4, -0.2) is 73.5 Å². The molecule has 0 aromatic heterocycles. The van der Waals surface area contributed by atoms with E-state index in [0.29, 0.717) is 11.8 Å².